The van der Waals surface area contributed by atoms with E-state index in [0.717, 1.165) is 18.4 Å². The van der Waals surface area contributed by atoms with Crippen LogP contribution in [0.1, 0.15) is 33.6 Å². The van der Waals surface area contributed by atoms with Crippen LogP contribution in [-0.2, 0) is 0 Å². The van der Waals surface area contributed by atoms with Gasteiger partial charge in [-0.2, -0.15) is 0 Å². The summed E-state index contributed by atoms with van der Waals surface area (Å²) in [5.41, 5.74) is 5.82. The van der Waals surface area contributed by atoms with E-state index in [9.17, 15) is 0 Å². The van der Waals surface area contributed by atoms with E-state index in [0.29, 0.717) is 6.04 Å². The van der Waals surface area contributed by atoms with Gasteiger partial charge in [-0.05, 0) is 31.2 Å². The summed E-state index contributed by atoms with van der Waals surface area (Å²) in [4.78, 5) is 2.58. The number of nitrogens with two attached hydrogens (primary N) is 1. The molecule has 0 aliphatic carbocycles. The first-order valence-electron chi connectivity index (χ1n) is 5.63. The van der Waals surface area contributed by atoms with Crippen molar-refractivity contribution in [2.45, 2.75) is 39.7 Å². The zero-order chi connectivity index (χ0) is 9.84. The van der Waals surface area contributed by atoms with Crippen LogP contribution in [-0.4, -0.2) is 30.6 Å². The van der Waals surface area contributed by atoms with E-state index < -0.39 is 0 Å². The van der Waals surface area contributed by atoms with E-state index >= 15 is 0 Å². The van der Waals surface area contributed by atoms with Gasteiger partial charge in [-0.25, -0.2) is 0 Å². The summed E-state index contributed by atoms with van der Waals surface area (Å²) in [7, 11) is 0. The number of nitrogens with zero attached hydrogens (tertiary/aromatic N) is 1. The fraction of sp³-hybridized carbons (Fsp3) is 1.00. The van der Waals surface area contributed by atoms with Crippen LogP contribution in [0.15, 0.2) is 0 Å². The molecule has 0 spiro atoms. The molecular weight excluding hydrogens is 160 g/mol. The van der Waals surface area contributed by atoms with Gasteiger partial charge >= 0.3 is 0 Å². The van der Waals surface area contributed by atoms with Gasteiger partial charge in [0.2, 0.25) is 0 Å². The third kappa shape index (κ3) is 2.68. The highest BCUT2D eigenvalue weighted by molar-refractivity contribution is 4.85. The van der Waals surface area contributed by atoms with Crippen molar-refractivity contribution in [1.29, 1.82) is 0 Å². The number of hydrogen-bond acceptors (Lipinski definition) is 2. The molecule has 3 unspecified atom stereocenters. The Morgan fingerprint density at radius 2 is 2.08 bits per heavy atom. The standard InChI is InChI=1S/C11H24N2/c1-4-5-13-8-9(2)6-10(3)11(13)7-12/h9-11H,4-8,12H2,1-3H3. The first-order valence-corrected chi connectivity index (χ1v) is 5.63. The summed E-state index contributed by atoms with van der Waals surface area (Å²) in [6.07, 6.45) is 2.60. The van der Waals surface area contributed by atoms with Crippen LogP contribution in [0.25, 0.3) is 0 Å². The second-order valence-electron chi connectivity index (χ2n) is 4.62. The molecule has 1 fully saturated rings. The van der Waals surface area contributed by atoms with Gasteiger partial charge in [0.05, 0.1) is 0 Å². The molecule has 3 atom stereocenters. The average molecular weight is 184 g/mol. The normalized spacial score (nSPS) is 36.5. The molecule has 2 nitrogen and oxygen atoms in total. The van der Waals surface area contributed by atoms with Crippen molar-refractivity contribution in [2.75, 3.05) is 19.6 Å². The number of likely N-dealkylation sites (tertiary alicyclic amines) is 1. The fourth-order valence-corrected chi connectivity index (χ4v) is 2.69. The highest BCUT2D eigenvalue weighted by Crippen LogP contribution is 2.26. The van der Waals surface area contributed by atoms with Crippen molar-refractivity contribution >= 4 is 0 Å². The van der Waals surface area contributed by atoms with Crippen LogP contribution in [0.3, 0.4) is 0 Å². The Morgan fingerprint density at radius 1 is 1.38 bits per heavy atom. The Labute approximate surface area is 82.5 Å². The molecule has 1 saturated heterocycles. The summed E-state index contributed by atoms with van der Waals surface area (Å²) in [6.45, 7) is 10.2. The van der Waals surface area contributed by atoms with Crippen molar-refractivity contribution in [3.63, 3.8) is 0 Å². The lowest BCUT2D eigenvalue weighted by atomic mass is 9.85. The van der Waals surface area contributed by atoms with E-state index in [4.69, 9.17) is 5.73 Å². The molecule has 0 radical (unpaired) electrons. The highest BCUT2D eigenvalue weighted by Gasteiger charge is 2.29. The quantitative estimate of drug-likeness (QED) is 0.723. The number of hydrogen-bond donors (Lipinski definition) is 1. The lowest BCUT2D eigenvalue weighted by Gasteiger charge is -2.42. The molecule has 78 valence electrons. The summed E-state index contributed by atoms with van der Waals surface area (Å²) in [5.74, 6) is 1.63. The van der Waals surface area contributed by atoms with E-state index in [2.05, 4.69) is 25.7 Å². The average Bonchev–Trinajstić information content (AvgIpc) is 2.04. The van der Waals surface area contributed by atoms with Gasteiger partial charge in [0.25, 0.3) is 0 Å². The van der Waals surface area contributed by atoms with Crippen molar-refractivity contribution < 1.29 is 0 Å². The maximum atomic E-state index is 5.82. The molecule has 0 amide bonds. The lowest BCUT2D eigenvalue weighted by Crippen LogP contribution is -2.51. The molecule has 1 aliphatic rings. The minimum absolute atomic E-state index is 0.635. The Morgan fingerprint density at radius 3 is 2.62 bits per heavy atom. The zero-order valence-corrected chi connectivity index (χ0v) is 9.29. The van der Waals surface area contributed by atoms with E-state index in [-0.39, 0.29) is 0 Å². The Kier molecular flexibility index (Phi) is 4.20. The largest absolute Gasteiger partial charge is 0.329 e. The van der Waals surface area contributed by atoms with Crippen LogP contribution in [0, 0.1) is 11.8 Å². The smallest absolute Gasteiger partial charge is 0.0244 e. The summed E-state index contributed by atoms with van der Waals surface area (Å²) < 4.78 is 0. The molecule has 0 aromatic carbocycles. The van der Waals surface area contributed by atoms with Gasteiger partial charge in [-0.3, -0.25) is 4.90 Å². The Balaban J connectivity index is 2.54. The van der Waals surface area contributed by atoms with E-state index in [1.54, 1.807) is 0 Å². The number of rotatable bonds is 3. The van der Waals surface area contributed by atoms with Gasteiger partial charge in [0.1, 0.15) is 0 Å². The van der Waals surface area contributed by atoms with Crippen LogP contribution < -0.4 is 5.73 Å². The minimum atomic E-state index is 0.635. The molecule has 0 aromatic heterocycles. The summed E-state index contributed by atoms with van der Waals surface area (Å²) in [5, 5.41) is 0. The van der Waals surface area contributed by atoms with Crippen molar-refractivity contribution in [2.24, 2.45) is 17.6 Å². The Hall–Kier alpha value is -0.0800. The van der Waals surface area contributed by atoms with E-state index in [1.165, 1.54) is 25.9 Å². The van der Waals surface area contributed by atoms with Crippen LogP contribution in [0.5, 0.6) is 0 Å². The minimum Gasteiger partial charge on any atom is -0.329 e. The SMILES string of the molecule is CCCN1CC(C)CC(C)C1CN. The lowest BCUT2D eigenvalue weighted by molar-refractivity contribution is 0.0738. The second-order valence-corrected chi connectivity index (χ2v) is 4.62. The molecule has 1 heterocycles. The predicted molar refractivity (Wildman–Crippen MR) is 57.7 cm³/mol. The van der Waals surface area contributed by atoms with Gasteiger partial charge in [-0.15, -0.1) is 0 Å². The maximum absolute atomic E-state index is 5.82. The van der Waals surface area contributed by atoms with Crippen molar-refractivity contribution in [1.82, 2.24) is 4.90 Å². The van der Waals surface area contributed by atoms with Crippen molar-refractivity contribution in [3.05, 3.63) is 0 Å². The van der Waals surface area contributed by atoms with Gasteiger partial charge in [0.15, 0.2) is 0 Å². The molecule has 0 saturated carbocycles. The summed E-state index contributed by atoms with van der Waals surface area (Å²) >= 11 is 0. The molecule has 0 bridgehead atoms. The maximum Gasteiger partial charge on any atom is 0.0244 e. The first-order chi connectivity index (χ1) is 6.19. The molecule has 1 aliphatic heterocycles. The van der Waals surface area contributed by atoms with Gasteiger partial charge in [0, 0.05) is 19.1 Å². The molecule has 2 heteroatoms. The predicted octanol–water partition coefficient (Wildman–Crippen LogP) is 1.70. The second kappa shape index (κ2) is 4.97. The van der Waals surface area contributed by atoms with Gasteiger partial charge in [-0.1, -0.05) is 20.8 Å². The molecule has 1 rings (SSSR count). The molecule has 0 aromatic rings. The first kappa shape index (κ1) is 11.0. The molecule has 2 N–H and O–H groups in total. The van der Waals surface area contributed by atoms with Crippen LogP contribution in [0.4, 0.5) is 0 Å². The summed E-state index contributed by atoms with van der Waals surface area (Å²) in [6, 6.07) is 0.635. The van der Waals surface area contributed by atoms with Crippen LogP contribution >= 0.6 is 0 Å². The topological polar surface area (TPSA) is 29.3 Å². The van der Waals surface area contributed by atoms with E-state index in [1.807, 2.05) is 0 Å². The highest BCUT2D eigenvalue weighted by atomic mass is 15.2. The van der Waals surface area contributed by atoms with Crippen molar-refractivity contribution in [3.8, 4) is 0 Å². The zero-order valence-electron chi connectivity index (χ0n) is 9.29. The molecular formula is C11H24N2. The fourth-order valence-electron chi connectivity index (χ4n) is 2.69. The third-order valence-corrected chi connectivity index (χ3v) is 3.20. The number of piperidine rings is 1. The third-order valence-electron chi connectivity index (χ3n) is 3.20. The monoisotopic (exact) mass is 184 g/mol. The van der Waals surface area contributed by atoms with Gasteiger partial charge < -0.3 is 5.73 Å². The van der Waals surface area contributed by atoms with Crippen LogP contribution in [0.2, 0.25) is 0 Å². The Bertz CT molecular complexity index is 147. The molecule has 13 heavy (non-hydrogen) atoms.